The van der Waals surface area contributed by atoms with Crippen LogP contribution in [-0.4, -0.2) is 21.8 Å². The largest absolute Gasteiger partial charge is 0.346 e. The molecule has 0 aliphatic carbocycles. The van der Waals surface area contributed by atoms with Crippen LogP contribution in [0.3, 0.4) is 0 Å². The Balaban J connectivity index is 2.59. The molecule has 0 fully saturated rings. The van der Waals surface area contributed by atoms with Crippen LogP contribution >= 0.6 is 11.5 Å². The van der Waals surface area contributed by atoms with Gasteiger partial charge in [-0.1, -0.05) is 6.08 Å². The lowest BCUT2D eigenvalue weighted by Gasteiger charge is -1.95. The van der Waals surface area contributed by atoms with Crippen LogP contribution in [0.15, 0.2) is 12.7 Å². The van der Waals surface area contributed by atoms with E-state index in [2.05, 4.69) is 21.3 Å². The van der Waals surface area contributed by atoms with Crippen molar-refractivity contribution in [3.05, 3.63) is 23.5 Å². The fraction of sp³-hybridized carbons (Fsp3) is 0.286. The van der Waals surface area contributed by atoms with Gasteiger partial charge in [-0.05, 0) is 18.5 Å². The summed E-state index contributed by atoms with van der Waals surface area (Å²) in [6.07, 6.45) is 1.62. The number of carbonyl (C=O) groups excluding carboxylic acids is 1. The molecule has 0 bridgehead atoms. The smallest absolute Gasteiger partial charge is 0.282 e. The number of nitrogens with zero attached hydrogens (tertiary/aromatic N) is 2. The van der Waals surface area contributed by atoms with Crippen molar-refractivity contribution in [1.82, 2.24) is 14.7 Å². The van der Waals surface area contributed by atoms with E-state index in [0.29, 0.717) is 17.4 Å². The van der Waals surface area contributed by atoms with Crippen LogP contribution in [0.25, 0.3) is 0 Å². The third kappa shape index (κ3) is 2.13. The summed E-state index contributed by atoms with van der Waals surface area (Å²) in [5.41, 5.74) is 0. The van der Waals surface area contributed by atoms with Crippen molar-refractivity contribution < 1.29 is 4.79 Å². The summed E-state index contributed by atoms with van der Waals surface area (Å²) in [7, 11) is 0. The molecule has 12 heavy (non-hydrogen) atoms. The molecule has 64 valence electrons. The van der Waals surface area contributed by atoms with Crippen molar-refractivity contribution in [3.63, 3.8) is 0 Å². The molecule has 1 aromatic heterocycles. The normalized spacial score (nSPS) is 9.42. The summed E-state index contributed by atoms with van der Waals surface area (Å²) < 4.78 is 3.89. The average molecular weight is 183 g/mol. The second kappa shape index (κ2) is 3.96. The molecule has 0 spiro atoms. The lowest BCUT2D eigenvalue weighted by molar-refractivity contribution is 0.0957. The Kier molecular flexibility index (Phi) is 2.93. The highest BCUT2D eigenvalue weighted by Crippen LogP contribution is 2.02. The van der Waals surface area contributed by atoms with Gasteiger partial charge in [0.1, 0.15) is 5.82 Å². The standard InChI is InChI=1S/C7H9N3OS/c1-3-4-8-6(11)7-9-5(2)10-12-7/h3H,1,4H2,2H3,(H,8,11). The fourth-order valence-electron chi connectivity index (χ4n) is 0.630. The number of amides is 1. The van der Waals surface area contributed by atoms with Crippen molar-refractivity contribution >= 4 is 17.4 Å². The minimum absolute atomic E-state index is 0.194. The van der Waals surface area contributed by atoms with E-state index in [9.17, 15) is 4.79 Å². The van der Waals surface area contributed by atoms with Gasteiger partial charge in [0.15, 0.2) is 0 Å². The van der Waals surface area contributed by atoms with Crippen LogP contribution in [0, 0.1) is 6.92 Å². The first-order valence-electron chi connectivity index (χ1n) is 3.43. The Morgan fingerprint density at radius 1 is 1.83 bits per heavy atom. The third-order valence-corrected chi connectivity index (χ3v) is 1.93. The minimum atomic E-state index is -0.194. The van der Waals surface area contributed by atoms with Gasteiger partial charge in [-0.2, -0.15) is 4.37 Å². The number of nitrogens with one attached hydrogen (secondary N) is 1. The zero-order chi connectivity index (χ0) is 8.97. The molecule has 1 aromatic rings. The maximum absolute atomic E-state index is 11.2. The molecule has 0 unspecified atom stereocenters. The molecule has 1 amide bonds. The maximum Gasteiger partial charge on any atom is 0.282 e. The summed E-state index contributed by atoms with van der Waals surface area (Å²) in [6, 6.07) is 0. The van der Waals surface area contributed by atoms with Gasteiger partial charge in [-0.3, -0.25) is 4.79 Å². The molecule has 0 atom stereocenters. The number of hydrogen-bond acceptors (Lipinski definition) is 4. The molecule has 0 saturated heterocycles. The summed E-state index contributed by atoms with van der Waals surface area (Å²) in [5.74, 6) is 0.434. The van der Waals surface area contributed by atoms with Gasteiger partial charge < -0.3 is 5.32 Å². The zero-order valence-electron chi connectivity index (χ0n) is 6.70. The van der Waals surface area contributed by atoms with Crippen LogP contribution < -0.4 is 5.32 Å². The number of aromatic nitrogens is 2. The summed E-state index contributed by atoms with van der Waals surface area (Å²) in [4.78, 5) is 15.1. The highest BCUT2D eigenvalue weighted by Gasteiger charge is 2.08. The molecule has 0 radical (unpaired) electrons. The van der Waals surface area contributed by atoms with Crippen molar-refractivity contribution in [3.8, 4) is 0 Å². The van der Waals surface area contributed by atoms with E-state index in [0.717, 1.165) is 11.5 Å². The molecular formula is C7H9N3OS. The predicted molar refractivity (Wildman–Crippen MR) is 47.2 cm³/mol. The van der Waals surface area contributed by atoms with E-state index in [1.165, 1.54) is 0 Å². The van der Waals surface area contributed by atoms with Gasteiger partial charge in [0, 0.05) is 6.54 Å². The zero-order valence-corrected chi connectivity index (χ0v) is 7.52. The van der Waals surface area contributed by atoms with E-state index >= 15 is 0 Å². The summed E-state index contributed by atoms with van der Waals surface area (Å²) >= 11 is 1.10. The summed E-state index contributed by atoms with van der Waals surface area (Å²) in [6.45, 7) is 5.69. The lowest BCUT2D eigenvalue weighted by atomic mass is 10.5. The maximum atomic E-state index is 11.2. The van der Waals surface area contributed by atoms with Crippen LogP contribution in [0.2, 0.25) is 0 Å². The summed E-state index contributed by atoms with van der Waals surface area (Å²) in [5, 5.41) is 3.01. The lowest BCUT2D eigenvalue weighted by Crippen LogP contribution is -2.22. The van der Waals surface area contributed by atoms with E-state index in [-0.39, 0.29) is 5.91 Å². The first kappa shape index (κ1) is 8.86. The topological polar surface area (TPSA) is 54.9 Å². The Bertz CT molecular complexity index is 295. The Hall–Kier alpha value is -1.23. The quantitative estimate of drug-likeness (QED) is 0.704. The van der Waals surface area contributed by atoms with Gasteiger partial charge in [0.2, 0.25) is 5.01 Å². The van der Waals surface area contributed by atoms with Gasteiger partial charge >= 0.3 is 0 Å². The Morgan fingerprint density at radius 3 is 3.08 bits per heavy atom. The first-order valence-corrected chi connectivity index (χ1v) is 4.21. The average Bonchev–Trinajstić information content (AvgIpc) is 2.47. The molecule has 5 heteroatoms. The van der Waals surface area contributed by atoms with Crippen LogP contribution in [0.4, 0.5) is 0 Å². The van der Waals surface area contributed by atoms with E-state index in [4.69, 9.17) is 0 Å². The van der Waals surface area contributed by atoms with Crippen molar-refractivity contribution in [1.29, 1.82) is 0 Å². The van der Waals surface area contributed by atoms with E-state index in [1.807, 2.05) is 0 Å². The molecule has 4 nitrogen and oxygen atoms in total. The van der Waals surface area contributed by atoms with Crippen LogP contribution in [0.1, 0.15) is 15.6 Å². The molecule has 0 aliphatic heterocycles. The van der Waals surface area contributed by atoms with Crippen LogP contribution in [0.5, 0.6) is 0 Å². The van der Waals surface area contributed by atoms with Gasteiger partial charge in [-0.25, -0.2) is 4.98 Å². The van der Waals surface area contributed by atoms with E-state index in [1.54, 1.807) is 13.0 Å². The second-order valence-corrected chi connectivity index (χ2v) is 2.90. The number of hydrogen-bond donors (Lipinski definition) is 1. The first-order chi connectivity index (χ1) is 5.74. The molecule has 1 N–H and O–H groups in total. The van der Waals surface area contributed by atoms with Gasteiger partial charge in [0.05, 0.1) is 0 Å². The number of carbonyl (C=O) groups is 1. The van der Waals surface area contributed by atoms with Gasteiger partial charge in [0.25, 0.3) is 5.91 Å². The molecule has 1 rings (SSSR count). The molecular weight excluding hydrogens is 174 g/mol. The van der Waals surface area contributed by atoms with Crippen LogP contribution in [-0.2, 0) is 0 Å². The van der Waals surface area contributed by atoms with Crippen molar-refractivity contribution in [2.24, 2.45) is 0 Å². The third-order valence-electron chi connectivity index (χ3n) is 1.13. The SMILES string of the molecule is C=CCNC(=O)c1nc(C)ns1. The van der Waals surface area contributed by atoms with Gasteiger partial charge in [-0.15, -0.1) is 6.58 Å². The van der Waals surface area contributed by atoms with Crippen molar-refractivity contribution in [2.75, 3.05) is 6.54 Å². The molecule has 1 heterocycles. The monoisotopic (exact) mass is 183 g/mol. The Labute approximate surface area is 74.5 Å². The molecule has 0 aliphatic rings. The second-order valence-electron chi connectivity index (χ2n) is 2.15. The molecule has 0 saturated carbocycles. The molecule has 0 aromatic carbocycles. The minimum Gasteiger partial charge on any atom is -0.346 e. The highest BCUT2D eigenvalue weighted by atomic mass is 32.1. The Morgan fingerprint density at radius 2 is 2.58 bits per heavy atom. The number of aryl methyl sites for hydroxylation is 1. The predicted octanol–water partition coefficient (Wildman–Crippen LogP) is 0.762. The van der Waals surface area contributed by atoms with E-state index < -0.39 is 0 Å². The fourth-order valence-corrected chi connectivity index (χ4v) is 1.22. The number of rotatable bonds is 3. The van der Waals surface area contributed by atoms with Crippen molar-refractivity contribution in [2.45, 2.75) is 6.92 Å². The highest BCUT2D eigenvalue weighted by molar-refractivity contribution is 7.07.